The van der Waals surface area contributed by atoms with Gasteiger partial charge < -0.3 is 19.5 Å². The van der Waals surface area contributed by atoms with Gasteiger partial charge in [-0.05, 0) is 44.4 Å². The number of esters is 1. The predicted octanol–water partition coefficient (Wildman–Crippen LogP) is 3.55. The van der Waals surface area contributed by atoms with Crippen molar-refractivity contribution in [2.45, 2.75) is 59.2 Å². The molecule has 0 aliphatic rings. The van der Waals surface area contributed by atoms with Crippen LogP contribution in [0.4, 0.5) is 0 Å². The summed E-state index contributed by atoms with van der Waals surface area (Å²) in [6.07, 6.45) is 0.892. The highest BCUT2D eigenvalue weighted by Crippen LogP contribution is 2.27. The van der Waals surface area contributed by atoms with Crippen LogP contribution in [-0.4, -0.2) is 31.8 Å². The third-order valence-corrected chi connectivity index (χ3v) is 3.85. The van der Waals surface area contributed by atoms with E-state index in [1.54, 1.807) is 14.2 Å². The molecule has 5 nitrogen and oxygen atoms in total. The van der Waals surface area contributed by atoms with Crippen LogP contribution in [0.1, 0.15) is 46.6 Å². The zero-order chi connectivity index (χ0) is 18.3. The van der Waals surface area contributed by atoms with E-state index in [-0.39, 0.29) is 17.9 Å². The van der Waals surface area contributed by atoms with E-state index in [1.807, 2.05) is 39.0 Å². The lowest BCUT2D eigenvalue weighted by Crippen LogP contribution is -2.45. The van der Waals surface area contributed by atoms with E-state index in [0.717, 1.165) is 12.0 Å². The fourth-order valence-corrected chi connectivity index (χ4v) is 2.34. The Labute approximate surface area is 145 Å². The van der Waals surface area contributed by atoms with Gasteiger partial charge in [0, 0.05) is 6.54 Å². The van der Waals surface area contributed by atoms with Crippen molar-refractivity contribution < 1.29 is 19.0 Å². The number of rotatable bonds is 8. The zero-order valence-corrected chi connectivity index (χ0v) is 15.9. The van der Waals surface area contributed by atoms with E-state index >= 15 is 0 Å². The van der Waals surface area contributed by atoms with Gasteiger partial charge in [0.25, 0.3) is 0 Å². The molecule has 0 unspecified atom stereocenters. The molecule has 0 saturated carbocycles. The minimum atomic E-state index is -0.492. The number of hydrogen-bond donors (Lipinski definition) is 1. The summed E-state index contributed by atoms with van der Waals surface area (Å²) in [5.74, 6) is 1.33. The molecule has 1 aromatic carbocycles. The third-order valence-electron chi connectivity index (χ3n) is 3.85. The fourth-order valence-electron chi connectivity index (χ4n) is 2.34. The molecule has 24 heavy (non-hydrogen) atoms. The normalized spacial score (nSPS) is 14.0. The Morgan fingerprint density at radius 1 is 1.17 bits per heavy atom. The molecule has 0 fully saturated rings. The van der Waals surface area contributed by atoms with Gasteiger partial charge in [-0.25, -0.2) is 0 Å². The van der Waals surface area contributed by atoms with E-state index < -0.39 is 5.60 Å². The highest BCUT2D eigenvalue weighted by Gasteiger charge is 2.28. The summed E-state index contributed by atoms with van der Waals surface area (Å²) in [7, 11) is 3.22. The van der Waals surface area contributed by atoms with E-state index in [9.17, 15) is 4.79 Å². The number of carbonyl (C=O) groups is 1. The second-order valence-electron chi connectivity index (χ2n) is 6.97. The van der Waals surface area contributed by atoms with Gasteiger partial charge >= 0.3 is 5.97 Å². The van der Waals surface area contributed by atoms with Crippen LogP contribution in [0.15, 0.2) is 18.2 Å². The average molecular weight is 337 g/mol. The topological polar surface area (TPSA) is 56.8 Å². The van der Waals surface area contributed by atoms with Crippen LogP contribution in [0.3, 0.4) is 0 Å². The van der Waals surface area contributed by atoms with Gasteiger partial charge in [0.05, 0.1) is 14.2 Å². The maximum atomic E-state index is 12.5. The Bertz CT molecular complexity index is 537. The highest BCUT2D eigenvalue weighted by molar-refractivity contribution is 5.76. The lowest BCUT2D eigenvalue weighted by Gasteiger charge is -2.27. The van der Waals surface area contributed by atoms with Crippen molar-refractivity contribution in [1.29, 1.82) is 0 Å². The lowest BCUT2D eigenvalue weighted by atomic mass is 9.98. The molecule has 0 amide bonds. The molecule has 0 heterocycles. The second-order valence-corrected chi connectivity index (χ2v) is 6.97. The van der Waals surface area contributed by atoms with E-state index in [2.05, 4.69) is 19.2 Å². The first-order valence-corrected chi connectivity index (χ1v) is 8.39. The van der Waals surface area contributed by atoms with Gasteiger partial charge in [-0.3, -0.25) is 4.79 Å². The van der Waals surface area contributed by atoms with Gasteiger partial charge in [0.1, 0.15) is 11.6 Å². The number of ether oxygens (including phenoxy) is 3. The van der Waals surface area contributed by atoms with Gasteiger partial charge in [-0.15, -0.1) is 0 Å². The summed E-state index contributed by atoms with van der Waals surface area (Å²) in [4.78, 5) is 12.5. The number of benzene rings is 1. The van der Waals surface area contributed by atoms with Crippen molar-refractivity contribution in [3.05, 3.63) is 23.8 Å². The molecule has 0 aromatic heterocycles. The standard InChI is InChI=1S/C19H31NO4/c1-8-13(2)17(18(21)24-19(3,4)5)20-12-14-9-10-15(22-6)16(11-14)23-7/h9-11,13,17,20H,8,12H2,1-7H3/t13-,17-/m0/s1. The van der Waals surface area contributed by atoms with E-state index in [0.29, 0.717) is 18.0 Å². The average Bonchev–Trinajstić information content (AvgIpc) is 2.52. The lowest BCUT2D eigenvalue weighted by molar-refractivity contribution is -0.159. The number of methoxy groups -OCH3 is 2. The Morgan fingerprint density at radius 3 is 2.29 bits per heavy atom. The molecule has 0 radical (unpaired) electrons. The molecular weight excluding hydrogens is 306 g/mol. The Kier molecular flexibility index (Phi) is 7.55. The van der Waals surface area contributed by atoms with Gasteiger partial charge in [0.15, 0.2) is 11.5 Å². The predicted molar refractivity (Wildman–Crippen MR) is 95.5 cm³/mol. The minimum absolute atomic E-state index is 0.181. The molecule has 0 aliphatic carbocycles. The first-order valence-electron chi connectivity index (χ1n) is 8.39. The van der Waals surface area contributed by atoms with Crippen LogP contribution in [0, 0.1) is 5.92 Å². The van der Waals surface area contributed by atoms with Gasteiger partial charge in [-0.1, -0.05) is 26.3 Å². The molecule has 2 atom stereocenters. The van der Waals surface area contributed by atoms with Crippen molar-refractivity contribution in [1.82, 2.24) is 5.32 Å². The van der Waals surface area contributed by atoms with Crippen molar-refractivity contribution in [3.63, 3.8) is 0 Å². The Morgan fingerprint density at radius 2 is 1.79 bits per heavy atom. The number of carbonyl (C=O) groups excluding carboxylic acids is 1. The molecule has 1 N–H and O–H groups in total. The van der Waals surface area contributed by atoms with Crippen LogP contribution in [-0.2, 0) is 16.1 Å². The third kappa shape index (κ3) is 6.04. The van der Waals surface area contributed by atoms with Gasteiger partial charge in [0.2, 0.25) is 0 Å². The molecule has 0 spiro atoms. The van der Waals surface area contributed by atoms with E-state index in [4.69, 9.17) is 14.2 Å². The maximum Gasteiger partial charge on any atom is 0.323 e. The number of nitrogens with one attached hydrogen (secondary N) is 1. The van der Waals surface area contributed by atoms with Gasteiger partial charge in [-0.2, -0.15) is 0 Å². The Hall–Kier alpha value is -1.75. The molecule has 5 heteroatoms. The van der Waals surface area contributed by atoms with Crippen molar-refractivity contribution >= 4 is 5.97 Å². The summed E-state index contributed by atoms with van der Waals surface area (Å²) >= 11 is 0. The summed E-state index contributed by atoms with van der Waals surface area (Å²) in [5, 5.41) is 3.33. The summed E-state index contributed by atoms with van der Waals surface area (Å²) in [5.41, 5.74) is 0.526. The molecular formula is C19H31NO4. The first-order chi connectivity index (χ1) is 11.2. The first kappa shape index (κ1) is 20.3. The van der Waals surface area contributed by atoms with E-state index in [1.165, 1.54) is 0 Å². The van der Waals surface area contributed by atoms with Crippen molar-refractivity contribution in [2.75, 3.05) is 14.2 Å². The minimum Gasteiger partial charge on any atom is -0.493 e. The largest absolute Gasteiger partial charge is 0.493 e. The molecule has 0 bridgehead atoms. The van der Waals surface area contributed by atoms with Crippen molar-refractivity contribution in [3.8, 4) is 11.5 Å². The Balaban J connectivity index is 2.83. The summed E-state index contributed by atoms with van der Waals surface area (Å²) in [6.45, 7) is 10.3. The maximum absolute atomic E-state index is 12.5. The van der Waals surface area contributed by atoms with Crippen LogP contribution < -0.4 is 14.8 Å². The monoisotopic (exact) mass is 337 g/mol. The van der Waals surface area contributed by atoms with Crippen LogP contribution in [0.5, 0.6) is 11.5 Å². The fraction of sp³-hybridized carbons (Fsp3) is 0.632. The second kappa shape index (κ2) is 8.92. The molecule has 0 saturated heterocycles. The van der Waals surface area contributed by atoms with Crippen LogP contribution in [0.25, 0.3) is 0 Å². The number of hydrogen-bond acceptors (Lipinski definition) is 5. The summed E-state index contributed by atoms with van der Waals surface area (Å²) in [6, 6.07) is 5.38. The zero-order valence-electron chi connectivity index (χ0n) is 15.9. The molecule has 1 aromatic rings. The smallest absolute Gasteiger partial charge is 0.323 e. The SMILES string of the molecule is CC[C@H](C)[C@H](NCc1ccc(OC)c(OC)c1)C(=O)OC(C)(C)C. The molecule has 1 rings (SSSR count). The molecule has 136 valence electrons. The van der Waals surface area contributed by atoms with Crippen LogP contribution >= 0.6 is 0 Å². The van der Waals surface area contributed by atoms with Crippen LogP contribution in [0.2, 0.25) is 0 Å². The quantitative estimate of drug-likeness (QED) is 0.735. The molecule has 0 aliphatic heterocycles. The van der Waals surface area contributed by atoms with Crippen molar-refractivity contribution in [2.24, 2.45) is 5.92 Å². The summed E-state index contributed by atoms with van der Waals surface area (Å²) < 4.78 is 16.1. The highest BCUT2D eigenvalue weighted by atomic mass is 16.6.